The Kier molecular flexibility index (Phi) is 3.09. The Hall–Kier alpha value is -1.33. The van der Waals surface area contributed by atoms with Crippen LogP contribution in [0.1, 0.15) is 0 Å². The third-order valence-electron chi connectivity index (χ3n) is 2.49. The molecule has 0 aliphatic carbocycles. The fraction of sp³-hybridized carbons (Fsp3) is 0. The second kappa shape index (κ2) is 4.74. The van der Waals surface area contributed by atoms with Crippen molar-refractivity contribution in [1.82, 2.24) is 15.0 Å². The molecule has 0 N–H and O–H groups in total. The fourth-order valence-electron chi connectivity index (χ4n) is 1.70. The number of nitrogens with zero attached hydrogens (tertiary/aromatic N) is 3. The van der Waals surface area contributed by atoms with Gasteiger partial charge < -0.3 is 0 Å². The monoisotopic (exact) mass is 363 g/mol. The molecule has 0 unspecified atom stereocenters. The molecule has 0 aliphatic heterocycles. The van der Waals surface area contributed by atoms with Gasteiger partial charge in [-0.15, -0.1) is 0 Å². The lowest BCUT2D eigenvalue weighted by Crippen LogP contribution is -1.93. The number of rotatable bonds is 1. The molecule has 3 nitrogen and oxygen atoms in total. The molecule has 2 heterocycles. The highest BCUT2D eigenvalue weighted by Gasteiger charge is 2.06. The van der Waals surface area contributed by atoms with Crippen LogP contribution in [0.4, 0.5) is 0 Å². The van der Waals surface area contributed by atoms with E-state index >= 15 is 0 Å². The van der Waals surface area contributed by atoms with E-state index in [0.717, 1.165) is 25.8 Å². The second-order valence-electron chi connectivity index (χ2n) is 3.73. The predicted octanol–water partition coefficient (Wildman–Crippen LogP) is 4.22. The van der Waals surface area contributed by atoms with Crippen LogP contribution in [0.15, 0.2) is 51.7 Å². The van der Waals surface area contributed by atoms with E-state index in [-0.39, 0.29) is 0 Å². The van der Waals surface area contributed by atoms with Crippen LogP contribution in [-0.4, -0.2) is 15.0 Å². The van der Waals surface area contributed by atoms with Gasteiger partial charge in [0.05, 0.1) is 5.52 Å². The van der Waals surface area contributed by atoms with Crippen LogP contribution in [0.3, 0.4) is 0 Å². The lowest BCUT2D eigenvalue weighted by Gasteiger charge is -2.03. The number of fused-ring (bicyclic) bond motifs is 1. The van der Waals surface area contributed by atoms with Crippen LogP contribution in [0.2, 0.25) is 0 Å². The summed E-state index contributed by atoms with van der Waals surface area (Å²) in [5.74, 6) is 0.599. The van der Waals surface area contributed by atoms with Crippen LogP contribution in [0, 0.1) is 0 Å². The molecule has 3 aromatic rings. The standard InChI is InChI=1S/C13H7Br2N3/c14-11-7-12(15)18-13(17-11)10-6-5-8-3-1-2-4-9(8)16-10/h1-7H. The van der Waals surface area contributed by atoms with Crippen LogP contribution < -0.4 is 0 Å². The molecule has 0 saturated carbocycles. The zero-order valence-electron chi connectivity index (χ0n) is 9.14. The van der Waals surface area contributed by atoms with Crippen molar-refractivity contribution < 1.29 is 0 Å². The van der Waals surface area contributed by atoms with Gasteiger partial charge in [-0.2, -0.15) is 0 Å². The number of halogens is 2. The Balaban J connectivity index is 2.19. The summed E-state index contributed by atoms with van der Waals surface area (Å²) >= 11 is 6.70. The molecule has 0 fully saturated rings. The minimum Gasteiger partial charge on any atom is -0.244 e. The molecule has 0 atom stereocenters. The maximum atomic E-state index is 4.56. The molecule has 18 heavy (non-hydrogen) atoms. The van der Waals surface area contributed by atoms with E-state index in [9.17, 15) is 0 Å². The highest BCUT2D eigenvalue weighted by Crippen LogP contribution is 2.21. The van der Waals surface area contributed by atoms with Crippen molar-refractivity contribution in [3.8, 4) is 11.5 Å². The van der Waals surface area contributed by atoms with Crippen molar-refractivity contribution in [2.45, 2.75) is 0 Å². The molecule has 0 aliphatic rings. The van der Waals surface area contributed by atoms with Crippen LogP contribution in [0.5, 0.6) is 0 Å². The first kappa shape index (κ1) is 11.7. The molecule has 3 rings (SSSR count). The third kappa shape index (κ3) is 2.28. The Morgan fingerprint density at radius 1 is 0.778 bits per heavy atom. The smallest absolute Gasteiger partial charge is 0.180 e. The molecule has 0 amide bonds. The Morgan fingerprint density at radius 3 is 2.28 bits per heavy atom. The summed E-state index contributed by atoms with van der Waals surface area (Å²) in [6, 6.07) is 13.7. The van der Waals surface area contributed by atoms with Gasteiger partial charge in [0.2, 0.25) is 0 Å². The molecule has 5 heteroatoms. The van der Waals surface area contributed by atoms with Gasteiger partial charge in [0.15, 0.2) is 5.82 Å². The molecule has 0 spiro atoms. The average molecular weight is 365 g/mol. The zero-order chi connectivity index (χ0) is 12.5. The maximum Gasteiger partial charge on any atom is 0.180 e. The summed E-state index contributed by atoms with van der Waals surface area (Å²) in [4.78, 5) is 13.2. The first-order chi connectivity index (χ1) is 8.72. The Bertz CT molecular complexity index is 708. The largest absolute Gasteiger partial charge is 0.244 e. The maximum absolute atomic E-state index is 4.56. The molecule has 0 saturated heterocycles. The second-order valence-corrected chi connectivity index (χ2v) is 5.35. The first-order valence-corrected chi connectivity index (χ1v) is 6.87. The number of para-hydroxylation sites is 1. The quantitative estimate of drug-likeness (QED) is 0.607. The first-order valence-electron chi connectivity index (χ1n) is 5.28. The van der Waals surface area contributed by atoms with Crippen LogP contribution >= 0.6 is 31.9 Å². The Labute approximate surface area is 121 Å². The number of pyridine rings is 1. The molecule has 2 aromatic heterocycles. The lowest BCUT2D eigenvalue weighted by molar-refractivity contribution is 1.10. The van der Waals surface area contributed by atoms with E-state index < -0.39 is 0 Å². The minimum atomic E-state index is 0.599. The summed E-state index contributed by atoms with van der Waals surface area (Å²) < 4.78 is 1.46. The number of hydrogen-bond donors (Lipinski definition) is 0. The van der Waals surface area contributed by atoms with Crippen molar-refractivity contribution in [2.75, 3.05) is 0 Å². The number of benzene rings is 1. The molecule has 0 bridgehead atoms. The lowest BCUT2D eigenvalue weighted by atomic mass is 10.2. The van der Waals surface area contributed by atoms with E-state index in [4.69, 9.17) is 0 Å². The van der Waals surface area contributed by atoms with E-state index in [1.54, 1.807) is 6.07 Å². The highest BCUT2D eigenvalue weighted by molar-refractivity contribution is 9.11. The van der Waals surface area contributed by atoms with Gasteiger partial charge in [-0.05, 0) is 44.0 Å². The van der Waals surface area contributed by atoms with Gasteiger partial charge in [0.1, 0.15) is 14.9 Å². The summed E-state index contributed by atoms with van der Waals surface area (Å²) in [6.07, 6.45) is 0. The molecule has 0 radical (unpaired) electrons. The van der Waals surface area contributed by atoms with Gasteiger partial charge >= 0.3 is 0 Å². The van der Waals surface area contributed by atoms with E-state index in [1.807, 2.05) is 36.4 Å². The van der Waals surface area contributed by atoms with Gasteiger partial charge in [0.25, 0.3) is 0 Å². The van der Waals surface area contributed by atoms with E-state index in [0.29, 0.717) is 5.82 Å². The topological polar surface area (TPSA) is 38.7 Å². The summed E-state index contributed by atoms with van der Waals surface area (Å²) in [5.41, 5.74) is 1.70. The summed E-state index contributed by atoms with van der Waals surface area (Å²) in [7, 11) is 0. The average Bonchev–Trinajstić information content (AvgIpc) is 2.37. The van der Waals surface area contributed by atoms with Crippen molar-refractivity contribution in [1.29, 1.82) is 0 Å². The molecule has 1 aromatic carbocycles. The molecule has 88 valence electrons. The number of aromatic nitrogens is 3. The fourth-order valence-corrected chi connectivity index (χ4v) is 2.77. The van der Waals surface area contributed by atoms with Crippen molar-refractivity contribution in [3.63, 3.8) is 0 Å². The van der Waals surface area contributed by atoms with Crippen LogP contribution in [0.25, 0.3) is 22.4 Å². The van der Waals surface area contributed by atoms with Crippen LogP contribution in [-0.2, 0) is 0 Å². The summed E-state index contributed by atoms with van der Waals surface area (Å²) in [5, 5.41) is 1.11. The van der Waals surface area contributed by atoms with Crippen molar-refractivity contribution in [2.24, 2.45) is 0 Å². The van der Waals surface area contributed by atoms with Crippen molar-refractivity contribution in [3.05, 3.63) is 51.7 Å². The molecular formula is C13H7Br2N3. The SMILES string of the molecule is Brc1cc(Br)nc(-c2ccc3ccccc3n2)n1. The molecular weight excluding hydrogens is 358 g/mol. The van der Waals surface area contributed by atoms with Crippen molar-refractivity contribution >= 4 is 42.8 Å². The van der Waals surface area contributed by atoms with Gasteiger partial charge in [-0.25, -0.2) is 15.0 Å². The zero-order valence-corrected chi connectivity index (χ0v) is 12.3. The predicted molar refractivity (Wildman–Crippen MR) is 78.2 cm³/mol. The highest BCUT2D eigenvalue weighted by atomic mass is 79.9. The van der Waals surface area contributed by atoms with Gasteiger partial charge in [-0.3, -0.25) is 0 Å². The number of hydrogen-bond acceptors (Lipinski definition) is 3. The van der Waals surface area contributed by atoms with E-state index in [1.165, 1.54) is 0 Å². The summed E-state index contributed by atoms with van der Waals surface area (Å²) in [6.45, 7) is 0. The van der Waals surface area contributed by atoms with Gasteiger partial charge in [0, 0.05) is 11.5 Å². The van der Waals surface area contributed by atoms with Gasteiger partial charge in [-0.1, -0.05) is 24.3 Å². The van der Waals surface area contributed by atoms with E-state index in [2.05, 4.69) is 46.8 Å². The third-order valence-corrected chi connectivity index (χ3v) is 3.30. The normalized spacial score (nSPS) is 10.8. The Morgan fingerprint density at radius 2 is 1.50 bits per heavy atom. The minimum absolute atomic E-state index is 0.599.